The average molecular weight is 254 g/mol. The van der Waals surface area contributed by atoms with Crippen LogP contribution in [-0.2, 0) is 18.2 Å². The van der Waals surface area contributed by atoms with Crippen LogP contribution in [-0.4, -0.2) is 53.9 Å². The molecular weight excluding hydrogens is 232 g/mol. The molecular formula is C12H22N4O2. The molecule has 1 rings (SSSR count). The first-order chi connectivity index (χ1) is 8.49. The molecule has 0 aliphatic rings. The van der Waals surface area contributed by atoms with Crippen LogP contribution in [0.3, 0.4) is 0 Å². The summed E-state index contributed by atoms with van der Waals surface area (Å²) in [5, 5.41) is 4.26. The molecule has 18 heavy (non-hydrogen) atoms. The van der Waals surface area contributed by atoms with Gasteiger partial charge in [0.05, 0.1) is 17.9 Å². The minimum Gasteiger partial charge on any atom is -0.383 e. The van der Waals surface area contributed by atoms with Crippen molar-refractivity contribution in [3.8, 4) is 0 Å². The second kappa shape index (κ2) is 6.51. The summed E-state index contributed by atoms with van der Waals surface area (Å²) in [6, 6.07) is -0.175. The molecule has 0 aliphatic carbocycles. The molecule has 0 aromatic carbocycles. The molecule has 1 heterocycles. The lowest BCUT2D eigenvalue weighted by atomic mass is 10.2. The molecule has 102 valence electrons. The number of carbonyl (C=O) groups is 1. The van der Waals surface area contributed by atoms with Crippen LogP contribution < -0.4 is 5.73 Å². The maximum Gasteiger partial charge on any atom is 0.257 e. The minimum atomic E-state index is -0.175. The minimum absolute atomic E-state index is 0.0495. The van der Waals surface area contributed by atoms with Gasteiger partial charge in [0.1, 0.15) is 0 Å². The van der Waals surface area contributed by atoms with E-state index in [9.17, 15) is 4.79 Å². The van der Waals surface area contributed by atoms with Gasteiger partial charge in [0.15, 0.2) is 0 Å². The maximum atomic E-state index is 12.3. The van der Waals surface area contributed by atoms with Gasteiger partial charge < -0.3 is 15.4 Å². The number of carbonyl (C=O) groups excluding carboxylic acids is 1. The van der Waals surface area contributed by atoms with Crippen LogP contribution in [0, 0.1) is 0 Å². The number of nitrogens with zero attached hydrogens (tertiary/aromatic N) is 3. The van der Waals surface area contributed by atoms with E-state index < -0.39 is 0 Å². The third kappa shape index (κ3) is 3.54. The molecule has 0 radical (unpaired) electrons. The Kier molecular flexibility index (Phi) is 5.30. The number of nitrogens with two attached hydrogens (primary N) is 1. The highest BCUT2D eigenvalue weighted by atomic mass is 16.5. The van der Waals surface area contributed by atoms with Crippen molar-refractivity contribution in [3.05, 3.63) is 17.5 Å². The van der Waals surface area contributed by atoms with E-state index in [0.717, 1.165) is 12.1 Å². The van der Waals surface area contributed by atoms with Crippen LogP contribution in [0.2, 0.25) is 0 Å². The van der Waals surface area contributed by atoms with Gasteiger partial charge in [0, 0.05) is 40.0 Å². The standard InChI is InChI=1S/C12H22N4O2/c1-5-11-10(7-16(3)14-11)12(17)15(2)6-9(13)8-18-4/h7,9H,5-6,8,13H2,1-4H3. The Hall–Kier alpha value is -1.40. The van der Waals surface area contributed by atoms with Crippen molar-refractivity contribution in [2.45, 2.75) is 19.4 Å². The highest BCUT2D eigenvalue weighted by Crippen LogP contribution is 2.10. The van der Waals surface area contributed by atoms with Crippen molar-refractivity contribution < 1.29 is 9.53 Å². The molecule has 0 spiro atoms. The third-order valence-electron chi connectivity index (χ3n) is 2.71. The van der Waals surface area contributed by atoms with Gasteiger partial charge in [0.25, 0.3) is 5.91 Å². The highest BCUT2D eigenvalue weighted by molar-refractivity contribution is 5.95. The zero-order valence-electron chi connectivity index (χ0n) is 11.5. The number of methoxy groups -OCH3 is 1. The number of aryl methyl sites for hydroxylation is 2. The van der Waals surface area contributed by atoms with E-state index in [0.29, 0.717) is 18.7 Å². The Balaban J connectivity index is 2.73. The second-order valence-corrected chi connectivity index (χ2v) is 4.42. The molecule has 0 fully saturated rings. The molecule has 0 aliphatic heterocycles. The largest absolute Gasteiger partial charge is 0.383 e. The fraction of sp³-hybridized carbons (Fsp3) is 0.667. The first kappa shape index (κ1) is 14.7. The smallest absolute Gasteiger partial charge is 0.257 e. The van der Waals surface area contributed by atoms with Crippen LogP contribution in [0.4, 0.5) is 0 Å². The Morgan fingerprint density at radius 3 is 2.89 bits per heavy atom. The fourth-order valence-electron chi connectivity index (χ4n) is 1.88. The van der Waals surface area contributed by atoms with Crippen LogP contribution in [0.15, 0.2) is 6.20 Å². The Bertz CT molecular complexity index is 403. The zero-order valence-corrected chi connectivity index (χ0v) is 11.5. The summed E-state index contributed by atoms with van der Waals surface area (Å²) < 4.78 is 6.62. The molecule has 6 heteroatoms. The summed E-state index contributed by atoms with van der Waals surface area (Å²) in [4.78, 5) is 13.9. The zero-order chi connectivity index (χ0) is 13.7. The van der Waals surface area contributed by atoms with Gasteiger partial charge in [-0.1, -0.05) is 6.92 Å². The van der Waals surface area contributed by atoms with Crippen molar-refractivity contribution in [2.75, 3.05) is 27.3 Å². The van der Waals surface area contributed by atoms with Crippen LogP contribution in [0.5, 0.6) is 0 Å². The molecule has 1 aromatic heterocycles. The predicted molar refractivity (Wildman–Crippen MR) is 69.4 cm³/mol. The molecule has 0 bridgehead atoms. The Morgan fingerprint density at radius 1 is 1.67 bits per heavy atom. The van der Waals surface area contributed by atoms with Gasteiger partial charge >= 0.3 is 0 Å². The average Bonchev–Trinajstić information content (AvgIpc) is 2.69. The molecule has 0 saturated heterocycles. The third-order valence-corrected chi connectivity index (χ3v) is 2.71. The van der Waals surface area contributed by atoms with Crippen LogP contribution in [0.1, 0.15) is 23.0 Å². The number of aromatic nitrogens is 2. The lowest BCUT2D eigenvalue weighted by molar-refractivity contribution is 0.0763. The SMILES string of the molecule is CCc1nn(C)cc1C(=O)N(C)CC(N)COC. The molecule has 1 amide bonds. The van der Waals surface area contributed by atoms with E-state index in [4.69, 9.17) is 10.5 Å². The quantitative estimate of drug-likeness (QED) is 0.777. The number of hydrogen-bond acceptors (Lipinski definition) is 4. The number of ether oxygens (including phenoxy) is 1. The number of likely N-dealkylation sites (N-methyl/N-ethyl adjacent to an activating group) is 1. The number of hydrogen-bond donors (Lipinski definition) is 1. The van der Waals surface area contributed by atoms with Gasteiger partial charge in [-0.2, -0.15) is 5.10 Å². The summed E-state index contributed by atoms with van der Waals surface area (Å²) in [5.41, 5.74) is 7.30. The van der Waals surface area contributed by atoms with Crippen LogP contribution in [0.25, 0.3) is 0 Å². The second-order valence-electron chi connectivity index (χ2n) is 4.42. The first-order valence-corrected chi connectivity index (χ1v) is 6.02. The van der Waals surface area contributed by atoms with Gasteiger partial charge in [-0.05, 0) is 6.42 Å². The lowest BCUT2D eigenvalue weighted by Gasteiger charge is -2.20. The summed E-state index contributed by atoms with van der Waals surface area (Å²) in [7, 11) is 5.15. The summed E-state index contributed by atoms with van der Waals surface area (Å²) in [5.74, 6) is -0.0495. The molecule has 1 unspecified atom stereocenters. The van der Waals surface area contributed by atoms with Gasteiger partial charge in [-0.3, -0.25) is 9.48 Å². The van der Waals surface area contributed by atoms with Crippen molar-refractivity contribution in [3.63, 3.8) is 0 Å². The van der Waals surface area contributed by atoms with Gasteiger partial charge in [0.2, 0.25) is 0 Å². The summed E-state index contributed by atoms with van der Waals surface area (Å²) >= 11 is 0. The van der Waals surface area contributed by atoms with Crippen LogP contribution >= 0.6 is 0 Å². The molecule has 0 saturated carbocycles. The molecule has 2 N–H and O–H groups in total. The van der Waals surface area contributed by atoms with Gasteiger partial charge in [-0.15, -0.1) is 0 Å². The molecule has 6 nitrogen and oxygen atoms in total. The Morgan fingerprint density at radius 2 is 2.33 bits per heavy atom. The first-order valence-electron chi connectivity index (χ1n) is 6.02. The highest BCUT2D eigenvalue weighted by Gasteiger charge is 2.19. The van der Waals surface area contributed by atoms with E-state index in [1.165, 1.54) is 0 Å². The van der Waals surface area contributed by atoms with Crippen molar-refractivity contribution in [1.82, 2.24) is 14.7 Å². The number of amides is 1. The fourth-order valence-corrected chi connectivity index (χ4v) is 1.88. The maximum absolute atomic E-state index is 12.3. The lowest BCUT2D eigenvalue weighted by Crippen LogP contribution is -2.41. The molecule has 1 atom stereocenters. The van der Waals surface area contributed by atoms with E-state index in [-0.39, 0.29) is 11.9 Å². The predicted octanol–water partition coefficient (Wildman–Crippen LogP) is 0.0282. The monoisotopic (exact) mass is 254 g/mol. The molecule has 1 aromatic rings. The van der Waals surface area contributed by atoms with E-state index >= 15 is 0 Å². The number of rotatable bonds is 6. The van der Waals surface area contributed by atoms with E-state index in [2.05, 4.69) is 5.10 Å². The van der Waals surface area contributed by atoms with Crippen molar-refractivity contribution >= 4 is 5.91 Å². The van der Waals surface area contributed by atoms with Crippen molar-refractivity contribution in [2.24, 2.45) is 12.8 Å². The van der Waals surface area contributed by atoms with E-state index in [1.807, 2.05) is 14.0 Å². The van der Waals surface area contributed by atoms with Crippen molar-refractivity contribution in [1.29, 1.82) is 0 Å². The van der Waals surface area contributed by atoms with Gasteiger partial charge in [-0.25, -0.2) is 0 Å². The summed E-state index contributed by atoms with van der Waals surface area (Å²) in [6.45, 7) is 2.88. The summed E-state index contributed by atoms with van der Waals surface area (Å²) in [6.07, 6.45) is 2.49. The Labute approximate surface area is 108 Å². The normalized spacial score (nSPS) is 12.5. The topological polar surface area (TPSA) is 73.4 Å². The van der Waals surface area contributed by atoms with E-state index in [1.54, 1.807) is 29.9 Å².